The molecule has 0 unspecified atom stereocenters. The normalized spacial score (nSPS) is 11.1. The minimum atomic E-state index is -3.83. The third-order valence-corrected chi connectivity index (χ3v) is 6.48. The number of para-hydroxylation sites is 1. The van der Waals surface area contributed by atoms with Crippen LogP contribution in [0.4, 0.5) is 11.4 Å². The van der Waals surface area contributed by atoms with Crippen molar-refractivity contribution in [3.63, 3.8) is 0 Å². The zero-order valence-corrected chi connectivity index (χ0v) is 18.9. The third kappa shape index (κ3) is 6.13. The Kier molecular flexibility index (Phi) is 7.43. The molecule has 0 spiro atoms. The summed E-state index contributed by atoms with van der Waals surface area (Å²) in [6.07, 6.45) is 0.795. The van der Waals surface area contributed by atoms with Gasteiger partial charge in [0.2, 0.25) is 0 Å². The van der Waals surface area contributed by atoms with Gasteiger partial charge in [-0.05, 0) is 60.5 Å². The number of hydrogen-bond acceptors (Lipinski definition) is 4. The van der Waals surface area contributed by atoms with Crippen LogP contribution in [-0.2, 0) is 21.2 Å². The number of anilines is 2. The van der Waals surface area contributed by atoms with Gasteiger partial charge in [-0.1, -0.05) is 48.3 Å². The summed E-state index contributed by atoms with van der Waals surface area (Å²) in [6, 6.07) is 17.7. The number of rotatable bonds is 8. The van der Waals surface area contributed by atoms with Gasteiger partial charge in [-0.3, -0.25) is 9.52 Å². The van der Waals surface area contributed by atoms with E-state index < -0.39 is 10.0 Å². The molecule has 0 aliphatic carbocycles. The number of amides is 1. The first kappa shape index (κ1) is 22.9. The van der Waals surface area contributed by atoms with Gasteiger partial charge in [0.15, 0.2) is 6.61 Å². The van der Waals surface area contributed by atoms with Crippen molar-refractivity contribution in [3.8, 4) is 5.75 Å². The lowest BCUT2D eigenvalue weighted by molar-refractivity contribution is -0.118. The SMILES string of the molecule is CCc1ccccc1NC(=O)COc1ccc(S(=O)(=O)Nc2ccc(Cl)c(Cl)c2)cc1. The second-order valence-corrected chi connectivity index (χ2v) is 9.05. The van der Waals surface area contributed by atoms with E-state index in [-0.39, 0.29) is 22.4 Å². The standard InChI is InChI=1S/C22H20Cl2N2O4S/c1-2-15-5-3-4-6-21(15)25-22(27)14-30-17-8-10-18(11-9-17)31(28,29)26-16-7-12-19(23)20(24)13-16/h3-13,26H,2,14H2,1H3,(H,25,27). The fraction of sp³-hybridized carbons (Fsp3) is 0.136. The molecular formula is C22H20Cl2N2O4S. The lowest BCUT2D eigenvalue weighted by Crippen LogP contribution is -2.21. The summed E-state index contributed by atoms with van der Waals surface area (Å²) in [7, 11) is -3.83. The summed E-state index contributed by atoms with van der Waals surface area (Å²) in [5.41, 5.74) is 2.06. The highest BCUT2D eigenvalue weighted by molar-refractivity contribution is 7.92. The van der Waals surface area contributed by atoms with Crippen LogP contribution in [0.1, 0.15) is 12.5 Å². The zero-order valence-electron chi connectivity index (χ0n) is 16.6. The molecule has 3 aromatic carbocycles. The number of nitrogens with one attached hydrogen (secondary N) is 2. The molecule has 0 heterocycles. The quantitative estimate of drug-likeness (QED) is 0.455. The molecule has 31 heavy (non-hydrogen) atoms. The van der Waals surface area contributed by atoms with E-state index in [1.165, 1.54) is 42.5 Å². The second-order valence-electron chi connectivity index (χ2n) is 6.55. The van der Waals surface area contributed by atoms with Gasteiger partial charge in [0.25, 0.3) is 15.9 Å². The number of ether oxygens (including phenoxy) is 1. The molecular weight excluding hydrogens is 459 g/mol. The fourth-order valence-corrected chi connectivity index (χ4v) is 4.12. The molecule has 0 atom stereocenters. The minimum absolute atomic E-state index is 0.0345. The van der Waals surface area contributed by atoms with E-state index in [4.69, 9.17) is 27.9 Å². The van der Waals surface area contributed by atoms with Crippen LogP contribution < -0.4 is 14.8 Å². The van der Waals surface area contributed by atoms with Crippen molar-refractivity contribution in [1.29, 1.82) is 0 Å². The van der Waals surface area contributed by atoms with Gasteiger partial charge < -0.3 is 10.1 Å². The van der Waals surface area contributed by atoms with Crippen molar-refractivity contribution >= 4 is 50.5 Å². The Labute approximate surface area is 191 Å². The monoisotopic (exact) mass is 478 g/mol. The molecule has 0 aliphatic heterocycles. The minimum Gasteiger partial charge on any atom is -0.484 e. The van der Waals surface area contributed by atoms with Crippen molar-refractivity contribution in [2.75, 3.05) is 16.6 Å². The summed E-state index contributed by atoms with van der Waals surface area (Å²) >= 11 is 11.8. The van der Waals surface area contributed by atoms with E-state index in [9.17, 15) is 13.2 Å². The molecule has 0 saturated heterocycles. The molecule has 0 saturated carbocycles. The molecule has 2 N–H and O–H groups in total. The van der Waals surface area contributed by atoms with Crippen LogP contribution in [-0.4, -0.2) is 20.9 Å². The highest BCUT2D eigenvalue weighted by atomic mass is 35.5. The van der Waals surface area contributed by atoms with Crippen LogP contribution in [0.2, 0.25) is 10.0 Å². The van der Waals surface area contributed by atoms with Crippen LogP contribution in [0.5, 0.6) is 5.75 Å². The lowest BCUT2D eigenvalue weighted by atomic mass is 10.1. The van der Waals surface area contributed by atoms with E-state index >= 15 is 0 Å². The van der Waals surface area contributed by atoms with Crippen molar-refractivity contribution in [2.24, 2.45) is 0 Å². The summed E-state index contributed by atoms with van der Waals surface area (Å²) < 4.78 is 33.0. The van der Waals surface area contributed by atoms with Crippen molar-refractivity contribution in [1.82, 2.24) is 0 Å². The molecule has 3 aromatic rings. The number of halogens is 2. The zero-order chi connectivity index (χ0) is 22.4. The Hall–Kier alpha value is -2.74. The lowest BCUT2D eigenvalue weighted by Gasteiger charge is -2.11. The van der Waals surface area contributed by atoms with Gasteiger partial charge in [0.1, 0.15) is 5.75 Å². The Morgan fingerprint density at radius 2 is 1.68 bits per heavy atom. The first-order valence-electron chi connectivity index (χ1n) is 9.37. The third-order valence-electron chi connectivity index (χ3n) is 4.35. The maximum absolute atomic E-state index is 12.5. The summed E-state index contributed by atoms with van der Waals surface area (Å²) in [5, 5.41) is 3.38. The Balaban J connectivity index is 1.60. The first-order valence-corrected chi connectivity index (χ1v) is 11.6. The Morgan fingerprint density at radius 1 is 0.968 bits per heavy atom. The van der Waals surface area contributed by atoms with Gasteiger partial charge in [0, 0.05) is 5.69 Å². The van der Waals surface area contributed by atoms with Crippen molar-refractivity contribution in [2.45, 2.75) is 18.2 Å². The van der Waals surface area contributed by atoms with Crippen LogP contribution in [0, 0.1) is 0 Å². The van der Waals surface area contributed by atoms with E-state index in [2.05, 4.69) is 10.0 Å². The van der Waals surface area contributed by atoms with Gasteiger partial charge in [-0.2, -0.15) is 0 Å². The van der Waals surface area contributed by atoms with Gasteiger partial charge in [0.05, 0.1) is 20.6 Å². The molecule has 0 bridgehead atoms. The van der Waals surface area contributed by atoms with Crippen LogP contribution in [0.15, 0.2) is 71.6 Å². The van der Waals surface area contributed by atoms with Crippen LogP contribution in [0.25, 0.3) is 0 Å². The van der Waals surface area contributed by atoms with Crippen LogP contribution in [0.3, 0.4) is 0 Å². The number of benzene rings is 3. The van der Waals surface area contributed by atoms with E-state index in [0.29, 0.717) is 16.5 Å². The first-order chi connectivity index (χ1) is 14.8. The maximum atomic E-state index is 12.5. The smallest absolute Gasteiger partial charge is 0.262 e. The van der Waals surface area contributed by atoms with Gasteiger partial charge in [-0.25, -0.2) is 8.42 Å². The number of carbonyl (C=O) groups excluding carboxylic acids is 1. The highest BCUT2D eigenvalue weighted by Crippen LogP contribution is 2.27. The van der Waals surface area contributed by atoms with Crippen molar-refractivity contribution < 1.29 is 17.9 Å². The molecule has 1 amide bonds. The number of carbonyl (C=O) groups is 1. The number of sulfonamides is 1. The molecule has 0 fully saturated rings. The van der Waals surface area contributed by atoms with E-state index in [1.807, 2.05) is 31.2 Å². The number of aryl methyl sites for hydroxylation is 1. The molecule has 0 radical (unpaired) electrons. The second kappa shape index (κ2) is 10.0. The predicted molar refractivity (Wildman–Crippen MR) is 124 cm³/mol. The van der Waals surface area contributed by atoms with Gasteiger partial charge >= 0.3 is 0 Å². The summed E-state index contributed by atoms with van der Waals surface area (Å²) in [6.45, 7) is 1.80. The molecule has 162 valence electrons. The van der Waals surface area contributed by atoms with Crippen LogP contribution >= 0.6 is 23.2 Å². The molecule has 0 aromatic heterocycles. The number of hydrogen-bond donors (Lipinski definition) is 2. The topological polar surface area (TPSA) is 84.5 Å². The predicted octanol–water partition coefficient (Wildman–Crippen LogP) is 5.37. The molecule has 9 heteroatoms. The Morgan fingerprint density at radius 3 is 2.35 bits per heavy atom. The molecule has 0 aliphatic rings. The maximum Gasteiger partial charge on any atom is 0.262 e. The van der Waals surface area contributed by atoms with E-state index in [1.54, 1.807) is 0 Å². The summed E-state index contributed by atoms with van der Waals surface area (Å²) in [4.78, 5) is 12.2. The highest BCUT2D eigenvalue weighted by Gasteiger charge is 2.15. The largest absolute Gasteiger partial charge is 0.484 e. The van der Waals surface area contributed by atoms with Crippen molar-refractivity contribution in [3.05, 3.63) is 82.3 Å². The average Bonchev–Trinajstić information content (AvgIpc) is 2.75. The van der Waals surface area contributed by atoms with E-state index in [0.717, 1.165) is 17.7 Å². The molecule has 6 nitrogen and oxygen atoms in total. The molecule has 3 rings (SSSR count). The fourth-order valence-electron chi connectivity index (χ4n) is 2.77. The Bertz CT molecular complexity index is 1180. The van der Waals surface area contributed by atoms with Gasteiger partial charge in [-0.15, -0.1) is 0 Å². The summed E-state index contributed by atoms with van der Waals surface area (Å²) in [5.74, 6) is 0.0614. The average molecular weight is 479 g/mol.